The standard InChI is InChI=1S/C17H21BrOS/c1-3-12(2)17(13-7-5-4-6-8-13)15(19)11-14-9-10-16(18)20-14/h4-10,12,15,17,19H,3,11H2,1-2H3. The zero-order chi connectivity index (χ0) is 14.5. The number of halogens is 1. The van der Waals surface area contributed by atoms with Gasteiger partial charge in [0.05, 0.1) is 9.89 Å². The largest absolute Gasteiger partial charge is 0.392 e. The van der Waals surface area contributed by atoms with Crippen molar-refractivity contribution in [2.45, 2.75) is 38.7 Å². The molecule has 0 amide bonds. The summed E-state index contributed by atoms with van der Waals surface area (Å²) in [5, 5.41) is 10.7. The zero-order valence-corrected chi connectivity index (χ0v) is 14.3. The Morgan fingerprint density at radius 1 is 1.15 bits per heavy atom. The second-order valence-corrected chi connectivity index (χ2v) is 7.85. The van der Waals surface area contributed by atoms with Crippen molar-refractivity contribution >= 4 is 27.3 Å². The van der Waals surface area contributed by atoms with Gasteiger partial charge in [0.2, 0.25) is 0 Å². The zero-order valence-electron chi connectivity index (χ0n) is 11.9. The van der Waals surface area contributed by atoms with Crippen LogP contribution in [0.3, 0.4) is 0 Å². The quantitative estimate of drug-likeness (QED) is 0.753. The van der Waals surface area contributed by atoms with Crippen LogP contribution in [0.2, 0.25) is 0 Å². The Labute approximate surface area is 133 Å². The third-order valence-corrected chi connectivity index (χ3v) is 5.54. The van der Waals surface area contributed by atoms with Crippen molar-refractivity contribution in [2.75, 3.05) is 0 Å². The molecule has 1 nitrogen and oxygen atoms in total. The van der Waals surface area contributed by atoms with E-state index in [2.05, 4.69) is 60.1 Å². The average Bonchev–Trinajstić information content (AvgIpc) is 2.85. The van der Waals surface area contributed by atoms with Gasteiger partial charge in [-0.25, -0.2) is 0 Å². The first-order valence-corrected chi connectivity index (χ1v) is 8.70. The lowest BCUT2D eigenvalue weighted by molar-refractivity contribution is 0.118. The van der Waals surface area contributed by atoms with Crippen molar-refractivity contribution in [2.24, 2.45) is 5.92 Å². The molecule has 0 bridgehead atoms. The first-order valence-electron chi connectivity index (χ1n) is 7.09. The van der Waals surface area contributed by atoms with Crippen LogP contribution in [0.1, 0.15) is 36.6 Å². The molecule has 1 N–H and O–H groups in total. The van der Waals surface area contributed by atoms with Gasteiger partial charge in [-0.2, -0.15) is 0 Å². The normalized spacial score (nSPS) is 15.8. The van der Waals surface area contributed by atoms with Crippen LogP contribution in [0, 0.1) is 5.92 Å². The van der Waals surface area contributed by atoms with Crippen LogP contribution in [-0.4, -0.2) is 11.2 Å². The van der Waals surface area contributed by atoms with Gasteiger partial charge < -0.3 is 5.11 Å². The molecule has 1 aromatic carbocycles. The Kier molecular flexibility index (Phi) is 5.82. The Balaban J connectivity index is 2.18. The fourth-order valence-corrected chi connectivity index (χ4v) is 4.19. The van der Waals surface area contributed by atoms with Crippen molar-refractivity contribution in [1.82, 2.24) is 0 Å². The summed E-state index contributed by atoms with van der Waals surface area (Å²) in [6, 6.07) is 14.5. The van der Waals surface area contributed by atoms with Gasteiger partial charge in [0, 0.05) is 17.2 Å². The number of hydrogen-bond donors (Lipinski definition) is 1. The Bertz CT molecular complexity index is 523. The third kappa shape index (κ3) is 3.94. The number of rotatable bonds is 6. The molecule has 108 valence electrons. The van der Waals surface area contributed by atoms with Crippen molar-refractivity contribution < 1.29 is 5.11 Å². The molecule has 0 radical (unpaired) electrons. The SMILES string of the molecule is CCC(C)C(c1ccccc1)C(O)Cc1ccc(Br)s1. The van der Waals surface area contributed by atoms with Gasteiger partial charge in [-0.05, 0) is 39.5 Å². The van der Waals surface area contributed by atoms with E-state index in [1.807, 2.05) is 12.1 Å². The van der Waals surface area contributed by atoms with Gasteiger partial charge in [0.25, 0.3) is 0 Å². The Morgan fingerprint density at radius 3 is 2.40 bits per heavy atom. The summed E-state index contributed by atoms with van der Waals surface area (Å²) >= 11 is 5.19. The summed E-state index contributed by atoms with van der Waals surface area (Å²) in [5.74, 6) is 0.665. The van der Waals surface area contributed by atoms with E-state index >= 15 is 0 Å². The topological polar surface area (TPSA) is 20.2 Å². The second kappa shape index (κ2) is 7.39. The van der Waals surface area contributed by atoms with Gasteiger partial charge in [0.15, 0.2) is 0 Å². The molecule has 0 aliphatic heterocycles. The molecule has 0 aliphatic carbocycles. The van der Waals surface area contributed by atoms with Gasteiger partial charge in [-0.1, -0.05) is 50.6 Å². The molecular formula is C17H21BrOS. The third-order valence-electron chi connectivity index (χ3n) is 3.90. The van der Waals surface area contributed by atoms with Crippen LogP contribution in [-0.2, 0) is 6.42 Å². The van der Waals surface area contributed by atoms with E-state index in [0.717, 1.165) is 16.6 Å². The Morgan fingerprint density at radius 2 is 1.85 bits per heavy atom. The summed E-state index contributed by atoms with van der Waals surface area (Å²) in [6.45, 7) is 4.42. The highest BCUT2D eigenvalue weighted by Crippen LogP contribution is 2.33. The molecule has 1 heterocycles. The van der Waals surface area contributed by atoms with E-state index in [1.165, 1.54) is 10.4 Å². The van der Waals surface area contributed by atoms with E-state index in [9.17, 15) is 5.11 Å². The minimum atomic E-state index is -0.335. The fourth-order valence-electron chi connectivity index (χ4n) is 2.65. The minimum absolute atomic E-state index is 0.196. The maximum Gasteiger partial charge on any atom is 0.0701 e. The number of hydrogen-bond acceptors (Lipinski definition) is 2. The molecule has 0 saturated carbocycles. The molecule has 3 heteroatoms. The number of aliphatic hydroxyl groups is 1. The van der Waals surface area contributed by atoms with Crippen molar-refractivity contribution in [3.05, 3.63) is 56.7 Å². The highest BCUT2D eigenvalue weighted by Gasteiger charge is 2.26. The number of thiophene rings is 1. The summed E-state index contributed by atoms with van der Waals surface area (Å²) in [6.07, 6.45) is 1.46. The maximum atomic E-state index is 10.7. The highest BCUT2D eigenvalue weighted by molar-refractivity contribution is 9.11. The molecular weight excluding hydrogens is 332 g/mol. The summed E-state index contributed by atoms with van der Waals surface area (Å²) < 4.78 is 1.12. The lowest BCUT2D eigenvalue weighted by Crippen LogP contribution is -2.26. The predicted molar refractivity (Wildman–Crippen MR) is 90.4 cm³/mol. The predicted octanol–water partition coefficient (Wildman–Crippen LogP) is 5.24. The fraction of sp³-hybridized carbons (Fsp3) is 0.412. The number of aliphatic hydroxyl groups excluding tert-OH is 1. The van der Waals surface area contributed by atoms with Crippen LogP contribution >= 0.6 is 27.3 Å². The first-order chi connectivity index (χ1) is 9.61. The van der Waals surface area contributed by atoms with Gasteiger partial charge in [-0.3, -0.25) is 0 Å². The van der Waals surface area contributed by atoms with Crippen molar-refractivity contribution in [3.8, 4) is 0 Å². The molecule has 0 spiro atoms. The highest BCUT2D eigenvalue weighted by atomic mass is 79.9. The average molecular weight is 353 g/mol. The summed E-state index contributed by atoms with van der Waals surface area (Å²) in [4.78, 5) is 1.23. The van der Waals surface area contributed by atoms with E-state index in [1.54, 1.807) is 11.3 Å². The molecule has 0 fully saturated rings. The molecule has 2 rings (SSSR count). The molecule has 3 atom stereocenters. The van der Waals surface area contributed by atoms with Crippen molar-refractivity contribution in [3.63, 3.8) is 0 Å². The monoisotopic (exact) mass is 352 g/mol. The van der Waals surface area contributed by atoms with Crippen molar-refractivity contribution in [1.29, 1.82) is 0 Å². The lowest BCUT2D eigenvalue weighted by Gasteiger charge is -2.28. The van der Waals surface area contributed by atoms with Crippen LogP contribution in [0.4, 0.5) is 0 Å². The van der Waals surface area contributed by atoms with Gasteiger partial charge in [-0.15, -0.1) is 11.3 Å². The van der Waals surface area contributed by atoms with Crippen LogP contribution in [0.5, 0.6) is 0 Å². The lowest BCUT2D eigenvalue weighted by atomic mass is 9.80. The summed E-state index contributed by atoms with van der Waals surface area (Å²) in [7, 11) is 0. The van der Waals surface area contributed by atoms with Crippen LogP contribution < -0.4 is 0 Å². The van der Waals surface area contributed by atoms with Gasteiger partial charge >= 0.3 is 0 Å². The van der Waals surface area contributed by atoms with E-state index in [0.29, 0.717) is 5.92 Å². The van der Waals surface area contributed by atoms with Crippen LogP contribution in [0.25, 0.3) is 0 Å². The van der Waals surface area contributed by atoms with E-state index < -0.39 is 0 Å². The van der Waals surface area contributed by atoms with E-state index in [4.69, 9.17) is 0 Å². The molecule has 0 saturated heterocycles. The molecule has 3 unspecified atom stereocenters. The van der Waals surface area contributed by atoms with Gasteiger partial charge in [0.1, 0.15) is 0 Å². The molecule has 0 aliphatic rings. The smallest absolute Gasteiger partial charge is 0.0701 e. The second-order valence-electron chi connectivity index (χ2n) is 5.30. The Hall–Kier alpha value is -0.640. The first kappa shape index (κ1) is 15.7. The summed E-state index contributed by atoms with van der Waals surface area (Å²) in [5.41, 5.74) is 1.24. The maximum absolute atomic E-state index is 10.7. The van der Waals surface area contributed by atoms with Crippen LogP contribution in [0.15, 0.2) is 46.3 Å². The minimum Gasteiger partial charge on any atom is -0.392 e. The molecule has 20 heavy (non-hydrogen) atoms. The molecule has 2 aromatic rings. The molecule has 1 aromatic heterocycles. The number of benzene rings is 1. The van der Waals surface area contributed by atoms with E-state index in [-0.39, 0.29) is 12.0 Å².